The molecule has 0 heterocycles. The summed E-state index contributed by atoms with van der Waals surface area (Å²) in [6, 6.07) is 10.2. The Bertz CT molecular complexity index is 428. The largest absolute Gasteiger partial charge is 0.326 e. The number of rotatable bonds is 7. The molecule has 2 unspecified atom stereocenters. The first-order valence-electron chi connectivity index (χ1n) is 6.76. The van der Waals surface area contributed by atoms with Gasteiger partial charge < -0.3 is 5.73 Å². The third-order valence-corrected chi connectivity index (χ3v) is 3.61. The van der Waals surface area contributed by atoms with E-state index in [-0.39, 0.29) is 12.1 Å². The molecule has 0 aromatic heterocycles. The van der Waals surface area contributed by atoms with Crippen LogP contribution in [0.4, 0.5) is 0 Å². The second-order valence-electron chi connectivity index (χ2n) is 4.61. The highest BCUT2D eigenvalue weighted by atomic mass is 35.5. The van der Waals surface area contributed by atoms with Crippen molar-refractivity contribution >= 4 is 11.6 Å². The first-order chi connectivity index (χ1) is 9.13. The van der Waals surface area contributed by atoms with E-state index in [2.05, 4.69) is 30.9 Å². The highest BCUT2D eigenvalue weighted by Crippen LogP contribution is 2.27. The van der Waals surface area contributed by atoms with Gasteiger partial charge in [-0.15, -0.1) is 0 Å². The van der Waals surface area contributed by atoms with Gasteiger partial charge in [0.05, 0.1) is 6.07 Å². The van der Waals surface area contributed by atoms with Crippen molar-refractivity contribution in [3.05, 3.63) is 34.9 Å². The Balaban J connectivity index is 3.02. The quantitative estimate of drug-likeness (QED) is 0.833. The van der Waals surface area contributed by atoms with Gasteiger partial charge in [-0.3, -0.25) is 4.90 Å². The second kappa shape index (κ2) is 8.16. The van der Waals surface area contributed by atoms with Crippen molar-refractivity contribution in [2.24, 2.45) is 5.73 Å². The van der Waals surface area contributed by atoms with Crippen molar-refractivity contribution < 1.29 is 0 Å². The lowest BCUT2D eigenvalue weighted by Gasteiger charge is -2.34. The molecule has 104 valence electrons. The number of likely N-dealkylation sites (N-methyl/N-ethyl adjacent to an activating group) is 1. The lowest BCUT2D eigenvalue weighted by atomic mass is 9.96. The van der Waals surface area contributed by atoms with Crippen LogP contribution in [0.15, 0.2) is 24.3 Å². The molecule has 0 aliphatic heterocycles. The van der Waals surface area contributed by atoms with Crippen LogP contribution in [-0.2, 0) is 0 Å². The fourth-order valence-corrected chi connectivity index (χ4v) is 2.53. The number of hydrogen-bond donors (Lipinski definition) is 1. The molecule has 1 aromatic carbocycles. The molecule has 3 nitrogen and oxygen atoms in total. The van der Waals surface area contributed by atoms with Crippen LogP contribution in [0, 0.1) is 11.3 Å². The van der Waals surface area contributed by atoms with Crippen molar-refractivity contribution in [2.45, 2.75) is 38.8 Å². The average molecular weight is 280 g/mol. The highest BCUT2D eigenvalue weighted by Gasteiger charge is 2.24. The Morgan fingerprint density at radius 3 is 2.68 bits per heavy atom. The maximum absolute atomic E-state index is 8.77. The number of hydrogen-bond acceptors (Lipinski definition) is 3. The zero-order valence-electron chi connectivity index (χ0n) is 11.6. The molecule has 1 rings (SSSR count). The minimum absolute atomic E-state index is 0.0390. The number of benzene rings is 1. The van der Waals surface area contributed by atoms with Crippen LogP contribution in [-0.4, -0.2) is 24.0 Å². The summed E-state index contributed by atoms with van der Waals surface area (Å²) in [5.74, 6) is 0. The standard InChI is InChI=1S/C15H22ClN3/c1-3-14(18)15(19(4-2)10-6-9-17)12-7-5-8-13(16)11-12/h5,7-8,11,14-15H,3-4,6,10,18H2,1-2H3. The summed E-state index contributed by atoms with van der Waals surface area (Å²) in [6.45, 7) is 5.78. The van der Waals surface area contributed by atoms with E-state index in [1.165, 1.54) is 0 Å². The predicted molar refractivity (Wildman–Crippen MR) is 79.9 cm³/mol. The molecule has 2 atom stereocenters. The molecule has 0 radical (unpaired) electrons. The normalized spacial score (nSPS) is 14.1. The average Bonchev–Trinajstić information content (AvgIpc) is 2.42. The lowest BCUT2D eigenvalue weighted by molar-refractivity contribution is 0.181. The molecule has 0 saturated carbocycles. The Kier molecular flexibility index (Phi) is 6.86. The van der Waals surface area contributed by atoms with E-state index in [0.717, 1.165) is 30.1 Å². The monoisotopic (exact) mass is 279 g/mol. The van der Waals surface area contributed by atoms with Gasteiger partial charge in [0.15, 0.2) is 0 Å². The van der Waals surface area contributed by atoms with Gasteiger partial charge in [-0.05, 0) is 30.7 Å². The molecule has 2 N–H and O–H groups in total. The second-order valence-corrected chi connectivity index (χ2v) is 5.05. The summed E-state index contributed by atoms with van der Waals surface area (Å²) in [5.41, 5.74) is 7.41. The number of nitrogens with zero attached hydrogens (tertiary/aromatic N) is 2. The third-order valence-electron chi connectivity index (χ3n) is 3.38. The summed E-state index contributed by atoms with van der Waals surface area (Å²) in [7, 11) is 0. The number of halogens is 1. The zero-order chi connectivity index (χ0) is 14.3. The molecule has 0 spiro atoms. The first-order valence-corrected chi connectivity index (χ1v) is 7.13. The molecule has 0 fully saturated rings. The van der Waals surface area contributed by atoms with Crippen LogP contribution in [0.5, 0.6) is 0 Å². The van der Waals surface area contributed by atoms with Crippen molar-refractivity contribution in [1.82, 2.24) is 4.90 Å². The van der Waals surface area contributed by atoms with Crippen LogP contribution < -0.4 is 5.73 Å². The molecule has 0 amide bonds. The molecule has 19 heavy (non-hydrogen) atoms. The van der Waals surface area contributed by atoms with Crippen molar-refractivity contribution in [1.29, 1.82) is 5.26 Å². The van der Waals surface area contributed by atoms with Crippen LogP contribution >= 0.6 is 11.6 Å². The van der Waals surface area contributed by atoms with E-state index in [0.29, 0.717) is 6.42 Å². The van der Waals surface area contributed by atoms with E-state index in [9.17, 15) is 0 Å². The molecule has 1 aromatic rings. The Morgan fingerprint density at radius 2 is 2.16 bits per heavy atom. The van der Waals surface area contributed by atoms with Crippen LogP contribution in [0.1, 0.15) is 38.3 Å². The lowest BCUT2D eigenvalue weighted by Crippen LogP contribution is -2.41. The van der Waals surface area contributed by atoms with Crippen LogP contribution in [0.2, 0.25) is 5.02 Å². The summed E-state index contributed by atoms with van der Waals surface area (Å²) >= 11 is 6.08. The predicted octanol–water partition coefficient (Wildman–Crippen LogP) is 3.35. The van der Waals surface area contributed by atoms with Crippen molar-refractivity contribution in [3.8, 4) is 6.07 Å². The molecule has 0 aliphatic rings. The Morgan fingerprint density at radius 1 is 1.42 bits per heavy atom. The smallest absolute Gasteiger partial charge is 0.0635 e. The van der Waals surface area contributed by atoms with Gasteiger partial charge in [0.25, 0.3) is 0 Å². The molecule has 0 bridgehead atoms. The van der Waals surface area contributed by atoms with Crippen LogP contribution in [0.25, 0.3) is 0 Å². The molecule has 4 heteroatoms. The fourth-order valence-electron chi connectivity index (χ4n) is 2.33. The molecular weight excluding hydrogens is 258 g/mol. The summed E-state index contributed by atoms with van der Waals surface area (Å²) < 4.78 is 0. The first kappa shape index (κ1) is 16.0. The van der Waals surface area contributed by atoms with E-state index >= 15 is 0 Å². The van der Waals surface area contributed by atoms with Crippen molar-refractivity contribution in [3.63, 3.8) is 0 Å². The summed E-state index contributed by atoms with van der Waals surface area (Å²) in [4.78, 5) is 2.25. The Labute approximate surface area is 121 Å². The molecule has 0 aliphatic carbocycles. The highest BCUT2D eigenvalue weighted by molar-refractivity contribution is 6.30. The van der Waals surface area contributed by atoms with Crippen molar-refractivity contribution in [2.75, 3.05) is 13.1 Å². The summed E-state index contributed by atoms with van der Waals surface area (Å²) in [5, 5.41) is 9.50. The van der Waals surface area contributed by atoms with Gasteiger partial charge in [0.1, 0.15) is 0 Å². The topological polar surface area (TPSA) is 53.0 Å². The van der Waals surface area contributed by atoms with Crippen LogP contribution in [0.3, 0.4) is 0 Å². The van der Waals surface area contributed by atoms with E-state index < -0.39 is 0 Å². The molecular formula is C15H22ClN3. The van der Waals surface area contributed by atoms with Gasteiger partial charge in [0, 0.05) is 30.1 Å². The third kappa shape index (κ3) is 4.50. The van der Waals surface area contributed by atoms with Gasteiger partial charge in [0.2, 0.25) is 0 Å². The minimum atomic E-state index is 0.0390. The fraction of sp³-hybridized carbons (Fsp3) is 0.533. The van der Waals surface area contributed by atoms with E-state index in [4.69, 9.17) is 22.6 Å². The maximum Gasteiger partial charge on any atom is 0.0635 e. The molecule has 0 saturated heterocycles. The van der Waals surface area contributed by atoms with Gasteiger partial charge in [-0.1, -0.05) is 37.6 Å². The summed E-state index contributed by atoms with van der Waals surface area (Å²) in [6.07, 6.45) is 1.40. The number of nitriles is 1. The Hall–Kier alpha value is -1.08. The van der Waals surface area contributed by atoms with Gasteiger partial charge in [-0.2, -0.15) is 5.26 Å². The van der Waals surface area contributed by atoms with Gasteiger partial charge in [-0.25, -0.2) is 0 Å². The minimum Gasteiger partial charge on any atom is -0.326 e. The number of nitrogens with two attached hydrogens (primary N) is 1. The van der Waals surface area contributed by atoms with E-state index in [1.54, 1.807) is 0 Å². The van der Waals surface area contributed by atoms with Gasteiger partial charge >= 0.3 is 0 Å². The zero-order valence-corrected chi connectivity index (χ0v) is 12.4. The SMILES string of the molecule is CCC(N)C(c1cccc(Cl)c1)N(CC)CCC#N. The maximum atomic E-state index is 8.77. The van der Waals surface area contributed by atoms with E-state index in [1.807, 2.05) is 18.2 Å².